The first kappa shape index (κ1) is 14.1. The van der Waals surface area contributed by atoms with E-state index in [2.05, 4.69) is 20.3 Å². The van der Waals surface area contributed by atoms with E-state index in [0.717, 1.165) is 10.7 Å². The molecule has 0 unspecified atom stereocenters. The molecule has 0 aliphatic heterocycles. The van der Waals surface area contributed by atoms with E-state index in [9.17, 15) is 10.1 Å². The van der Waals surface area contributed by atoms with Crippen LogP contribution in [0.15, 0.2) is 11.7 Å². The molecule has 0 atom stereocenters. The summed E-state index contributed by atoms with van der Waals surface area (Å²) in [6, 6.07) is 0. The van der Waals surface area contributed by atoms with Gasteiger partial charge in [0, 0.05) is 18.3 Å². The molecule has 1 N–H and O–H groups in total. The number of nitrogens with one attached hydrogen (secondary N) is 1. The van der Waals surface area contributed by atoms with Gasteiger partial charge in [-0.05, 0) is 6.92 Å². The molecule has 20 heavy (non-hydrogen) atoms. The minimum atomic E-state index is -0.561. The molecule has 0 radical (unpaired) electrons. The standard InChI is InChI=1S/C11H13N5O3S/c1-7-15-8(5-20-7)3-4-12-10-9(16(17)18)11(19-2)14-6-13-10/h5-6H,3-4H2,1-2H3,(H,12,13,14). The van der Waals surface area contributed by atoms with Crippen molar-refractivity contribution in [3.8, 4) is 5.88 Å². The van der Waals surface area contributed by atoms with Crippen LogP contribution in [0.3, 0.4) is 0 Å². The molecule has 2 aromatic heterocycles. The fourth-order valence-corrected chi connectivity index (χ4v) is 2.29. The summed E-state index contributed by atoms with van der Waals surface area (Å²) in [6.07, 6.45) is 1.88. The van der Waals surface area contributed by atoms with Crippen molar-refractivity contribution in [1.82, 2.24) is 15.0 Å². The third-order valence-electron chi connectivity index (χ3n) is 2.50. The predicted molar refractivity (Wildman–Crippen MR) is 74.3 cm³/mol. The van der Waals surface area contributed by atoms with Crippen LogP contribution in [-0.2, 0) is 6.42 Å². The normalized spacial score (nSPS) is 10.3. The van der Waals surface area contributed by atoms with Crippen LogP contribution in [0.2, 0.25) is 0 Å². The van der Waals surface area contributed by atoms with Crippen LogP contribution in [0.25, 0.3) is 0 Å². The van der Waals surface area contributed by atoms with Crippen molar-refractivity contribution in [3.63, 3.8) is 0 Å². The summed E-state index contributed by atoms with van der Waals surface area (Å²) in [5.41, 5.74) is 0.688. The fourth-order valence-electron chi connectivity index (χ4n) is 1.64. The highest BCUT2D eigenvalue weighted by Crippen LogP contribution is 2.30. The third kappa shape index (κ3) is 3.18. The number of thiazole rings is 1. The number of aryl methyl sites for hydroxylation is 1. The van der Waals surface area contributed by atoms with Gasteiger partial charge in [-0.25, -0.2) is 9.97 Å². The van der Waals surface area contributed by atoms with Gasteiger partial charge in [0.05, 0.1) is 22.7 Å². The maximum atomic E-state index is 11.0. The molecular weight excluding hydrogens is 282 g/mol. The Hall–Kier alpha value is -2.29. The van der Waals surface area contributed by atoms with E-state index in [1.54, 1.807) is 11.3 Å². The first-order valence-electron chi connectivity index (χ1n) is 5.80. The monoisotopic (exact) mass is 295 g/mol. The summed E-state index contributed by atoms with van der Waals surface area (Å²) < 4.78 is 4.87. The van der Waals surface area contributed by atoms with Gasteiger partial charge >= 0.3 is 5.69 Å². The van der Waals surface area contributed by atoms with Crippen molar-refractivity contribution in [2.75, 3.05) is 19.0 Å². The Morgan fingerprint density at radius 1 is 1.50 bits per heavy atom. The minimum absolute atomic E-state index is 0.0583. The van der Waals surface area contributed by atoms with E-state index in [0.29, 0.717) is 13.0 Å². The van der Waals surface area contributed by atoms with Gasteiger partial charge in [-0.2, -0.15) is 4.98 Å². The molecule has 2 rings (SSSR count). The number of nitrogens with zero attached hydrogens (tertiary/aromatic N) is 4. The summed E-state index contributed by atoms with van der Waals surface area (Å²) in [5.74, 6) is 0.0887. The van der Waals surface area contributed by atoms with E-state index >= 15 is 0 Å². The van der Waals surface area contributed by atoms with E-state index in [4.69, 9.17) is 4.74 Å². The average molecular weight is 295 g/mol. The zero-order valence-corrected chi connectivity index (χ0v) is 11.8. The number of hydrogen-bond donors (Lipinski definition) is 1. The molecule has 0 fully saturated rings. The Bertz CT molecular complexity index is 616. The molecule has 0 saturated heterocycles. The highest BCUT2D eigenvalue weighted by atomic mass is 32.1. The molecule has 0 aliphatic carbocycles. The minimum Gasteiger partial charge on any atom is -0.476 e. The number of hydrogen-bond acceptors (Lipinski definition) is 8. The van der Waals surface area contributed by atoms with Gasteiger partial charge in [-0.1, -0.05) is 0 Å². The summed E-state index contributed by atoms with van der Waals surface area (Å²) >= 11 is 1.57. The number of ether oxygens (including phenoxy) is 1. The van der Waals surface area contributed by atoms with Crippen LogP contribution in [0.1, 0.15) is 10.7 Å². The maximum absolute atomic E-state index is 11.0. The lowest BCUT2D eigenvalue weighted by atomic mass is 10.3. The van der Waals surface area contributed by atoms with Crippen LogP contribution < -0.4 is 10.1 Å². The lowest BCUT2D eigenvalue weighted by Crippen LogP contribution is -2.10. The quantitative estimate of drug-likeness (QED) is 0.640. The van der Waals surface area contributed by atoms with Gasteiger partial charge in [0.25, 0.3) is 5.88 Å². The Kier molecular flexibility index (Phi) is 4.41. The van der Waals surface area contributed by atoms with Gasteiger partial charge in [0.15, 0.2) is 0 Å². The van der Waals surface area contributed by atoms with Crippen molar-refractivity contribution >= 4 is 22.8 Å². The van der Waals surface area contributed by atoms with Crippen LogP contribution >= 0.6 is 11.3 Å². The van der Waals surface area contributed by atoms with Crippen LogP contribution in [0.5, 0.6) is 5.88 Å². The summed E-state index contributed by atoms with van der Waals surface area (Å²) in [7, 11) is 1.33. The zero-order valence-electron chi connectivity index (χ0n) is 11.0. The lowest BCUT2D eigenvalue weighted by Gasteiger charge is -2.06. The molecule has 0 spiro atoms. The molecule has 0 aliphatic rings. The molecule has 9 heteroatoms. The average Bonchev–Trinajstić information content (AvgIpc) is 2.83. The van der Waals surface area contributed by atoms with E-state index < -0.39 is 4.92 Å². The number of methoxy groups -OCH3 is 1. The van der Waals surface area contributed by atoms with E-state index in [1.807, 2.05) is 12.3 Å². The highest BCUT2D eigenvalue weighted by molar-refractivity contribution is 7.09. The van der Waals surface area contributed by atoms with Crippen LogP contribution in [-0.4, -0.2) is 33.5 Å². The van der Waals surface area contributed by atoms with Gasteiger partial charge < -0.3 is 10.1 Å². The summed E-state index contributed by atoms with van der Waals surface area (Å²) in [5, 5.41) is 16.9. The Morgan fingerprint density at radius 3 is 2.90 bits per heavy atom. The molecule has 0 aromatic carbocycles. The first-order chi connectivity index (χ1) is 9.61. The molecule has 2 heterocycles. The smallest absolute Gasteiger partial charge is 0.372 e. The summed E-state index contributed by atoms with van der Waals surface area (Å²) in [4.78, 5) is 22.4. The third-order valence-corrected chi connectivity index (χ3v) is 3.33. The van der Waals surface area contributed by atoms with Crippen molar-refractivity contribution in [3.05, 3.63) is 32.5 Å². The second-order valence-corrected chi connectivity index (χ2v) is 4.93. The topological polar surface area (TPSA) is 103 Å². The molecule has 0 saturated carbocycles. The van der Waals surface area contributed by atoms with Crippen LogP contribution in [0, 0.1) is 17.0 Å². The lowest BCUT2D eigenvalue weighted by molar-refractivity contribution is -0.385. The SMILES string of the molecule is COc1ncnc(NCCc2csc(C)n2)c1[N+](=O)[O-]. The molecule has 0 amide bonds. The maximum Gasteiger partial charge on any atom is 0.372 e. The first-order valence-corrected chi connectivity index (χ1v) is 6.68. The van der Waals surface area contributed by atoms with Crippen LogP contribution in [0.4, 0.5) is 11.5 Å². The molecule has 0 bridgehead atoms. The second kappa shape index (κ2) is 6.24. The van der Waals surface area contributed by atoms with Crippen molar-refractivity contribution < 1.29 is 9.66 Å². The number of aromatic nitrogens is 3. The van der Waals surface area contributed by atoms with Gasteiger partial charge in [-0.15, -0.1) is 11.3 Å². The number of nitro groups is 1. The van der Waals surface area contributed by atoms with Gasteiger partial charge in [0.2, 0.25) is 5.82 Å². The Labute approximate surface area is 119 Å². The molecule has 8 nitrogen and oxygen atoms in total. The van der Waals surface area contributed by atoms with E-state index in [1.165, 1.54) is 13.4 Å². The van der Waals surface area contributed by atoms with E-state index in [-0.39, 0.29) is 17.4 Å². The fraction of sp³-hybridized carbons (Fsp3) is 0.364. The highest BCUT2D eigenvalue weighted by Gasteiger charge is 2.23. The Balaban J connectivity index is 2.07. The van der Waals surface area contributed by atoms with Crippen molar-refractivity contribution in [2.45, 2.75) is 13.3 Å². The molecule has 2 aromatic rings. The number of anilines is 1. The second-order valence-electron chi connectivity index (χ2n) is 3.87. The van der Waals surface area contributed by atoms with Crippen molar-refractivity contribution in [1.29, 1.82) is 0 Å². The van der Waals surface area contributed by atoms with Gasteiger partial charge in [-0.3, -0.25) is 10.1 Å². The molecular formula is C11H13N5O3S. The summed E-state index contributed by atoms with van der Waals surface area (Å²) in [6.45, 7) is 2.42. The number of rotatable bonds is 6. The largest absolute Gasteiger partial charge is 0.476 e. The zero-order chi connectivity index (χ0) is 14.5. The molecule has 106 valence electrons. The predicted octanol–water partition coefficient (Wildman–Crippen LogP) is 1.81. The van der Waals surface area contributed by atoms with Gasteiger partial charge in [0.1, 0.15) is 6.33 Å². The Morgan fingerprint density at radius 2 is 2.30 bits per heavy atom. The van der Waals surface area contributed by atoms with Crippen molar-refractivity contribution in [2.24, 2.45) is 0 Å².